The van der Waals surface area contributed by atoms with Crippen molar-refractivity contribution in [1.82, 2.24) is 5.43 Å². The number of hydrazine groups is 1. The molecule has 1 aromatic heterocycles. The van der Waals surface area contributed by atoms with Gasteiger partial charge in [0.05, 0.1) is 6.10 Å². The smallest absolute Gasteiger partial charge is 0.134 e. The number of nitrogens with two attached hydrogens (primary N) is 1. The number of ether oxygens (including phenoxy) is 1. The minimum absolute atomic E-state index is 0.0716. The van der Waals surface area contributed by atoms with Crippen LogP contribution in [0.2, 0.25) is 0 Å². The summed E-state index contributed by atoms with van der Waals surface area (Å²) >= 11 is 0. The largest absolute Gasteiger partial charge is 0.459 e. The van der Waals surface area contributed by atoms with Gasteiger partial charge in [-0.15, -0.1) is 0 Å². The number of benzene rings is 1. The third-order valence-corrected chi connectivity index (χ3v) is 3.52. The van der Waals surface area contributed by atoms with Crippen molar-refractivity contribution in [3.63, 3.8) is 0 Å². The normalized spacial score (nSPS) is 22.2. The van der Waals surface area contributed by atoms with E-state index in [1.54, 1.807) is 0 Å². The number of para-hydroxylation sites is 1. The summed E-state index contributed by atoms with van der Waals surface area (Å²) < 4.78 is 11.6. The summed E-state index contributed by atoms with van der Waals surface area (Å²) in [4.78, 5) is 0. The van der Waals surface area contributed by atoms with Crippen LogP contribution in [0.4, 0.5) is 0 Å². The molecule has 0 amide bonds. The molecular formula is C14H18N2O2. The van der Waals surface area contributed by atoms with E-state index in [4.69, 9.17) is 15.0 Å². The summed E-state index contributed by atoms with van der Waals surface area (Å²) in [5, 5.41) is 1.10. The van der Waals surface area contributed by atoms with Gasteiger partial charge in [-0.05, 0) is 31.4 Å². The zero-order chi connectivity index (χ0) is 12.4. The van der Waals surface area contributed by atoms with Crippen LogP contribution in [0.25, 0.3) is 11.0 Å². The van der Waals surface area contributed by atoms with Gasteiger partial charge in [0, 0.05) is 12.0 Å². The first-order chi connectivity index (χ1) is 8.88. The lowest BCUT2D eigenvalue weighted by atomic mass is 10.0. The minimum Gasteiger partial charge on any atom is -0.459 e. The predicted octanol–water partition coefficient (Wildman–Crippen LogP) is 2.51. The van der Waals surface area contributed by atoms with Gasteiger partial charge >= 0.3 is 0 Å². The molecule has 1 aromatic carbocycles. The topological polar surface area (TPSA) is 60.4 Å². The molecule has 0 spiro atoms. The molecule has 0 radical (unpaired) electrons. The molecule has 1 aliphatic rings. The third-order valence-electron chi connectivity index (χ3n) is 3.52. The number of hydrogen-bond acceptors (Lipinski definition) is 4. The van der Waals surface area contributed by atoms with Crippen LogP contribution >= 0.6 is 0 Å². The standard InChI is InChI=1S/C14H18N2O2/c15-16-14(12-7-3-4-8-17-12)13-9-10-5-1-2-6-11(10)18-13/h1-2,5-6,9,12,14,16H,3-4,7-8,15H2. The monoisotopic (exact) mass is 246 g/mol. The Bertz CT molecular complexity index is 484. The molecule has 3 rings (SSSR count). The highest BCUT2D eigenvalue weighted by atomic mass is 16.5. The van der Waals surface area contributed by atoms with E-state index in [0.717, 1.165) is 36.2 Å². The quantitative estimate of drug-likeness (QED) is 0.645. The van der Waals surface area contributed by atoms with E-state index in [0.29, 0.717) is 0 Å². The Labute approximate surface area is 106 Å². The van der Waals surface area contributed by atoms with Crippen LogP contribution in [-0.4, -0.2) is 12.7 Å². The molecule has 0 bridgehead atoms. The van der Waals surface area contributed by atoms with Gasteiger partial charge in [0.25, 0.3) is 0 Å². The molecule has 1 fully saturated rings. The highest BCUT2D eigenvalue weighted by molar-refractivity contribution is 5.77. The van der Waals surface area contributed by atoms with Gasteiger partial charge in [-0.2, -0.15) is 0 Å². The fourth-order valence-electron chi connectivity index (χ4n) is 2.56. The third kappa shape index (κ3) is 2.14. The van der Waals surface area contributed by atoms with Gasteiger partial charge in [-0.3, -0.25) is 5.84 Å². The van der Waals surface area contributed by atoms with Crippen LogP contribution in [0.1, 0.15) is 31.1 Å². The Morgan fingerprint density at radius 1 is 1.28 bits per heavy atom. The summed E-state index contributed by atoms with van der Waals surface area (Å²) in [5.41, 5.74) is 3.72. The maximum atomic E-state index is 5.85. The summed E-state index contributed by atoms with van der Waals surface area (Å²) in [7, 11) is 0. The maximum Gasteiger partial charge on any atom is 0.134 e. The van der Waals surface area contributed by atoms with Gasteiger partial charge in [0.15, 0.2) is 0 Å². The first-order valence-electron chi connectivity index (χ1n) is 6.44. The van der Waals surface area contributed by atoms with Crippen molar-refractivity contribution in [3.05, 3.63) is 36.1 Å². The highest BCUT2D eigenvalue weighted by Gasteiger charge is 2.27. The number of hydrogen-bond donors (Lipinski definition) is 2. The van der Waals surface area contributed by atoms with Crippen molar-refractivity contribution >= 4 is 11.0 Å². The van der Waals surface area contributed by atoms with Crippen molar-refractivity contribution < 1.29 is 9.15 Å². The Morgan fingerprint density at radius 2 is 2.17 bits per heavy atom. The van der Waals surface area contributed by atoms with Crippen molar-refractivity contribution in [1.29, 1.82) is 0 Å². The summed E-state index contributed by atoms with van der Waals surface area (Å²) in [6.45, 7) is 0.809. The molecule has 2 heterocycles. The van der Waals surface area contributed by atoms with E-state index in [1.165, 1.54) is 6.42 Å². The summed E-state index contributed by atoms with van der Waals surface area (Å²) in [6.07, 6.45) is 3.44. The second-order valence-corrected chi connectivity index (χ2v) is 4.74. The lowest BCUT2D eigenvalue weighted by molar-refractivity contribution is -0.0123. The Balaban J connectivity index is 1.90. The molecule has 96 valence electrons. The van der Waals surface area contributed by atoms with Gasteiger partial charge in [0.1, 0.15) is 17.4 Å². The van der Waals surface area contributed by atoms with E-state index in [2.05, 4.69) is 5.43 Å². The lowest BCUT2D eigenvalue weighted by Crippen LogP contribution is -2.39. The van der Waals surface area contributed by atoms with E-state index in [9.17, 15) is 0 Å². The predicted molar refractivity (Wildman–Crippen MR) is 69.9 cm³/mol. The molecule has 0 saturated carbocycles. The molecule has 3 N–H and O–H groups in total. The van der Waals surface area contributed by atoms with Crippen LogP contribution in [0.3, 0.4) is 0 Å². The number of nitrogens with one attached hydrogen (secondary N) is 1. The first-order valence-corrected chi connectivity index (χ1v) is 6.44. The number of furan rings is 1. The Morgan fingerprint density at radius 3 is 2.89 bits per heavy atom. The molecule has 2 aromatic rings. The molecular weight excluding hydrogens is 228 g/mol. The second kappa shape index (κ2) is 5.10. The molecule has 18 heavy (non-hydrogen) atoms. The van der Waals surface area contributed by atoms with Crippen LogP contribution in [-0.2, 0) is 4.74 Å². The van der Waals surface area contributed by atoms with Gasteiger partial charge in [-0.25, -0.2) is 5.43 Å². The zero-order valence-corrected chi connectivity index (χ0v) is 10.3. The van der Waals surface area contributed by atoms with Gasteiger partial charge < -0.3 is 9.15 Å². The average Bonchev–Trinajstić information content (AvgIpc) is 2.84. The molecule has 0 aliphatic carbocycles. The second-order valence-electron chi connectivity index (χ2n) is 4.74. The highest BCUT2D eigenvalue weighted by Crippen LogP contribution is 2.29. The molecule has 2 unspecified atom stereocenters. The lowest BCUT2D eigenvalue weighted by Gasteiger charge is -2.28. The number of rotatable bonds is 3. The van der Waals surface area contributed by atoms with Crippen LogP contribution in [0.15, 0.2) is 34.7 Å². The minimum atomic E-state index is -0.0716. The van der Waals surface area contributed by atoms with Crippen molar-refractivity contribution in [2.24, 2.45) is 5.84 Å². The fourth-order valence-corrected chi connectivity index (χ4v) is 2.56. The zero-order valence-electron chi connectivity index (χ0n) is 10.3. The van der Waals surface area contributed by atoms with E-state index >= 15 is 0 Å². The van der Waals surface area contributed by atoms with Crippen LogP contribution in [0, 0.1) is 0 Å². The summed E-state index contributed by atoms with van der Waals surface area (Å²) in [5.74, 6) is 6.52. The first kappa shape index (κ1) is 11.7. The molecule has 2 atom stereocenters. The van der Waals surface area contributed by atoms with Gasteiger partial charge in [-0.1, -0.05) is 18.2 Å². The SMILES string of the molecule is NNC(c1cc2ccccc2o1)C1CCCCO1. The average molecular weight is 246 g/mol. The number of fused-ring (bicyclic) bond motifs is 1. The van der Waals surface area contributed by atoms with E-state index in [1.807, 2.05) is 30.3 Å². The molecule has 1 saturated heterocycles. The Kier molecular flexibility index (Phi) is 3.32. The van der Waals surface area contributed by atoms with E-state index in [-0.39, 0.29) is 12.1 Å². The fraction of sp³-hybridized carbons (Fsp3) is 0.429. The molecule has 1 aliphatic heterocycles. The van der Waals surface area contributed by atoms with Crippen LogP contribution < -0.4 is 11.3 Å². The molecule has 4 heteroatoms. The van der Waals surface area contributed by atoms with Crippen molar-refractivity contribution in [2.45, 2.75) is 31.4 Å². The van der Waals surface area contributed by atoms with Crippen molar-refractivity contribution in [3.8, 4) is 0 Å². The van der Waals surface area contributed by atoms with Crippen molar-refractivity contribution in [2.75, 3.05) is 6.61 Å². The maximum absolute atomic E-state index is 5.85. The van der Waals surface area contributed by atoms with Gasteiger partial charge in [0.2, 0.25) is 0 Å². The molecule has 4 nitrogen and oxygen atoms in total. The summed E-state index contributed by atoms with van der Waals surface area (Å²) in [6, 6.07) is 9.95. The van der Waals surface area contributed by atoms with E-state index < -0.39 is 0 Å². The van der Waals surface area contributed by atoms with Crippen LogP contribution in [0.5, 0.6) is 0 Å². The Hall–Kier alpha value is -1.36.